The summed E-state index contributed by atoms with van der Waals surface area (Å²) >= 11 is 1.13. The molecule has 0 aliphatic rings. The number of thiazole rings is 1. The molecule has 0 saturated carbocycles. The summed E-state index contributed by atoms with van der Waals surface area (Å²) in [7, 11) is 0. The lowest BCUT2D eigenvalue weighted by Gasteiger charge is -2.15. The van der Waals surface area contributed by atoms with Gasteiger partial charge in [-0.15, -0.1) is 11.3 Å². The fourth-order valence-corrected chi connectivity index (χ4v) is 3.71. The van der Waals surface area contributed by atoms with Crippen molar-refractivity contribution in [1.29, 1.82) is 5.26 Å². The predicted molar refractivity (Wildman–Crippen MR) is 110 cm³/mol. The van der Waals surface area contributed by atoms with Crippen LogP contribution in [0, 0.1) is 16.7 Å². The van der Waals surface area contributed by atoms with E-state index in [-0.39, 0.29) is 16.9 Å². The van der Waals surface area contributed by atoms with Crippen LogP contribution in [-0.4, -0.2) is 15.3 Å². The first-order valence-electron chi connectivity index (χ1n) is 8.72. The molecule has 0 bridgehead atoms. The fraction of sp³-hybridized carbons (Fsp3) is 0.182. The third kappa shape index (κ3) is 3.85. The van der Waals surface area contributed by atoms with Gasteiger partial charge in [-0.2, -0.15) is 5.26 Å². The van der Waals surface area contributed by atoms with E-state index in [1.165, 1.54) is 4.57 Å². The molecule has 0 aliphatic carbocycles. The number of nitrogens with zero attached hydrogens (tertiary/aromatic N) is 3. The Morgan fingerprint density at radius 2 is 1.82 bits per heavy atom. The third-order valence-electron chi connectivity index (χ3n) is 4.04. The SMILES string of the molecule is CC(C)(C)C(=O)C(C#N)=c1sc(=Cc2ccccn2)c(=O)n1-c1ccccc1. The molecule has 0 aliphatic heterocycles. The van der Waals surface area contributed by atoms with Gasteiger partial charge in [0.05, 0.1) is 15.9 Å². The van der Waals surface area contributed by atoms with E-state index in [0.29, 0.717) is 20.6 Å². The number of aromatic nitrogens is 2. The van der Waals surface area contributed by atoms with Crippen molar-refractivity contribution in [3.8, 4) is 11.8 Å². The Kier molecular flexibility index (Phi) is 5.39. The minimum atomic E-state index is -0.739. The summed E-state index contributed by atoms with van der Waals surface area (Å²) in [6.07, 6.45) is 3.32. The summed E-state index contributed by atoms with van der Waals surface area (Å²) in [4.78, 5) is 30.3. The van der Waals surface area contributed by atoms with E-state index >= 15 is 0 Å². The van der Waals surface area contributed by atoms with Crippen LogP contribution in [0.5, 0.6) is 0 Å². The lowest BCUT2D eigenvalue weighted by molar-refractivity contribution is -0.120. The van der Waals surface area contributed by atoms with Gasteiger partial charge in [0, 0.05) is 11.6 Å². The molecule has 1 aromatic carbocycles. The van der Waals surface area contributed by atoms with Crippen LogP contribution >= 0.6 is 11.3 Å². The standard InChI is InChI=1S/C22H19N3O2S/c1-22(2,3)19(26)17(14-23)21-25(16-10-5-4-6-11-16)20(27)18(28-21)13-15-9-7-8-12-24-15/h4-13H,1-3H3. The maximum Gasteiger partial charge on any atom is 0.273 e. The number of carbonyl (C=O) groups excluding carboxylic acids is 1. The second kappa shape index (κ2) is 7.75. The van der Waals surface area contributed by atoms with Crippen LogP contribution in [0.15, 0.2) is 59.5 Å². The average Bonchev–Trinajstić information content (AvgIpc) is 2.99. The van der Waals surface area contributed by atoms with Crippen LogP contribution < -0.4 is 14.8 Å². The number of hydrogen-bond acceptors (Lipinski definition) is 5. The van der Waals surface area contributed by atoms with Crippen molar-refractivity contribution in [1.82, 2.24) is 9.55 Å². The van der Waals surface area contributed by atoms with Gasteiger partial charge in [-0.05, 0) is 30.3 Å². The zero-order valence-electron chi connectivity index (χ0n) is 15.8. The monoisotopic (exact) mass is 389 g/mol. The lowest BCUT2D eigenvalue weighted by Crippen LogP contribution is -2.33. The Labute approximate surface area is 166 Å². The minimum absolute atomic E-state index is 0.0147. The summed E-state index contributed by atoms with van der Waals surface area (Å²) in [5.41, 5.74) is 0.199. The first kappa shape index (κ1) is 19.5. The molecule has 0 atom stereocenters. The fourth-order valence-electron chi connectivity index (χ4n) is 2.63. The Morgan fingerprint density at radius 3 is 2.39 bits per heavy atom. The van der Waals surface area contributed by atoms with Gasteiger partial charge in [0.1, 0.15) is 16.3 Å². The van der Waals surface area contributed by atoms with Gasteiger partial charge in [0.2, 0.25) is 0 Å². The van der Waals surface area contributed by atoms with E-state index in [2.05, 4.69) is 4.98 Å². The largest absolute Gasteiger partial charge is 0.293 e. The zero-order valence-corrected chi connectivity index (χ0v) is 16.7. The smallest absolute Gasteiger partial charge is 0.273 e. The highest BCUT2D eigenvalue weighted by atomic mass is 32.1. The molecular weight excluding hydrogens is 370 g/mol. The average molecular weight is 389 g/mol. The van der Waals surface area contributed by atoms with Gasteiger partial charge >= 0.3 is 0 Å². The van der Waals surface area contributed by atoms with Gasteiger partial charge in [-0.25, -0.2) is 0 Å². The van der Waals surface area contributed by atoms with E-state index in [1.54, 1.807) is 57.3 Å². The molecule has 0 N–H and O–H groups in total. The molecule has 0 fully saturated rings. The molecule has 5 nitrogen and oxygen atoms in total. The summed E-state index contributed by atoms with van der Waals surface area (Å²) in [6.45, 7) is 5.27. The third-order valence-corrected chi connectivity index (χ3v) is 5.13. The molecule has 2 heterocycles. The van der Waals surface area contributed by atoms with Crippen LogP contribution in [0.3, 0.4) is 0 Å². The Morgan fingerprint density at radius 1 is 1.14 bits per heavy atom. The zero-order chi connectivity index (χ0) is 20.3. The molecule has 3 rings (SSSR count). The van der Waals surface area contributed by atoms with Crippen LogP contribution in [-0.2, 0) is 4.79 Å². The number of benzene rings is 1. The minimum Gasteiger partial charge on any atom is -0.293 e. The van der Waals surface area contributed by atoms with Gasteiger partial charge in [-0.1, -0.05) is 45.0 Å². The number of carbonyl (C=O) groups is 1. The van der Waals surface area contributed by atoms with Crippen molar-refractivity contribution in [2.75, 3.05) is 0 Å². The normalized spacial score (nSPS) is 13.1. The number of rotatable bonds is 3. The van der Waals surface area contributed by atoms with Gasteiger partial charge in [0.15, 0.2) is 5.78 Å². The summed E-state index contributed by atoms with van der Waals surface area (Å²) in [6, 6.07) is 16.5. The van der Waals surface area contributed by atoms with E-state index in [0.717, 1.165) is 11.3 Å². The van der Waals surface area contributed by atoms with Crippen LogP contribution in [0.4, 0.5) is 0 Å². The highest BCUT2D eigenvalue weighted by molar-refractivity contribution is 7.07. The molecule has 0 spiro atoms. The van der Waals surface area contributed by atoms with Crippen LogP contribution in [0.1, 0.15) is 26.5 Å². The first-order chi connectivity index (χ1) is 13.3. The number of para-hydroxylation sites is 1. The van der Waals surface area contributed by atoms with Gasteiger partial charge in [0.25, 0.3) is 5.56 Å². The maximum atomic E-state index is 13.2. The molecule has 28 heavy (non-hydrogen) atoms. The molecule has 140 valence electrons. The van der Waals surface area contributed by atoms with Crippen LogP contribution in [0.2, 0.25) is 0 Å². The van der Waals surface area contributed by atoms with Gasteiger partial charge in [-0.3, -0.25) is 19.1 Å². The molecule has 0 unspecified atom stereocenters. The highest BCUT2D eigenvalue weighted by Crippen LogP contribution is 2.20. The lowest BCUT2D eigenvalue weighted by atomic mass is 9.87. The van der Waals surface area contributed by atoms with E-state index < -0.39 is 5.41 Å². The van der Waals surface area contributed by atoms with E-state index in [1.807, 2.05) is 30.3 Å². The Bertz CT molecular complexity index is 1230. The summed E-state index contributed by atoms with van der Waals surface area (Å²) in [5, 5.41) is 9.74. The number of Topliss-reactive ketones (excluding diaryl/α,β-unsaturated/α-hetero) is 1. The van der Waals surface area contributed by atoms with Crippen molar-refractivity contribution in [3.63, 3.8) is 0 Å². The molecular formula is C22H19N3O2S. The van der Waals surface area contributed by atoms with Crippen molar-refractivity contribution < 1.29 is 4.79 Å². The highest BCUT2D eigenvalue weighted by Gasteiger charge is 2.27. The number of hydrogen-bond donors (Lipinski definition) is 0. The Balaban J connectivity index is 2.43. The number of ketones is 1. The molecule has 2 aromatic heterocycles. The number of pyridine rings is 1. The van der Waals surface area contributed by atoms with Crippen LogP contribution in [0.25, 0.3) is 17.3 Å². The maximum absolute atomic E-state index is 13.2. The van der Waals surface area contributed by atoms with Crippen molar-refractivity contribution in [2.24, 2.45) is 5.41 Å². The molecule has 0 saturated heterocycles. The predicted octanol–water partition coefficient (Wildman–Crippen LogP) is 2.41. The molecule has 6 heteroatoms. The van der Waals surface area contributed by atoms with Crippen molar-refractivity contribution >= 4 is 28.8 Å². The Hall–Kier alpha value is -3.30. The second-order valence-electron chi connectivity index (χ2n) is 7.21. The molecule has 0 radical (unpaired) electrons. The van der Waals surface area contributed by atoms with E-state index in [4.69, 9.17) is 0 Å². The molecule has 3 aromatic rings. The van der Waals surface area contributed by atoms with Crippen molar-refractivity contribution in [3.05, 3.63) is 80.0 Å². The first-order valence-corrected chi connectivity index (χ1v) is 9.54. The topological polar surface area (TPSA) is 75.8 Å². The quantitative estimate of drug-likeness (QED) is 0.689. The second-order valence-corrected chi connectivity index (χ2v) is 8.24. The summed E-state index contributed by atoms with van der Waals surface area (Å²) < 4.78 is 2.18. The molecule has 0 amide bonds. The van der Waals surface area contributed by atoms with Crippen molar-refractivity contribution in [2.45, 2.75) is 20.8 Å². The van der Waals surface area contributed by atoms with E-state index in [9.17, 15) is 14.9 Å². The summed E-state index contributed by atoms with van der Waals surface area (Å²) in [5.74, 6) is -0.301. The number of nitriles is 1. The van der Waals surface area contributed by atoms with Gasteiger partial charge < -0.3 is 0 Å².